The van der Waals surface area contributed by atoms with Crippen LogP contribution in [0.25, 0.3) is 10.9 Å². The largest absolute Gasteiger partial charge is 0.486 e. The number of nitrogens with zero attached hydrogens (tertiary/aromatic N) is 6. The zero-order valence-electron chi connectivity index (χ0n) is 24.7. The summed E-state index contributed by atoms with van der Waals surface area (Å²) in [4.78, 5) is 36.8. The number of benzene rings is 1. The molecule has 45 heavy (non-hydrogen) atoms. The first-order valence-corrected chi connectivity index (χ1v) is 14.5. The van der Waals surface area contributed by atoms with E-state index in [1.807, 2.05) is 6.07 Å². The van der Waals surface area contributed by atoms with Crippen LogP contribution in [0.15, 0.2) is 53.7 Å². The third kappa shape index (κ3) is 5.65. The molecule has 0 N–H and O–H groups in total. The molecule has 0 radical (unpaired) electrons. The quantitative estimate of drug-likeness (QED) is 0.192. The minimum Gasteiger partial charge on any atom is -0.486 e. The lowest BCUT2D eigenvalue weighted by Gasteiger charge is -2.40. The lowest BCUT2D eigenvalue weighted by molar-refractivity contribution is -0.389. The number of hydrogen-bond donors (Lipinski definition) is 0. The predicted molar refractivity (Wildman–Crippen MR) is 159 cm³/mol. The molecular weight excluding hydrogens is 593 g/mol. The number of piperidine rings is 1. The van der Waals surface area contributed by atoms with Crippen molar-refractivity contribution in [3.63, 3.8) is 0 Å². The molecule has 2 aliphatic rings. The van der Waals surface area contributed by atoms with Gasteiger partial charge in [0, 0.05) is 62.3 Å². The van der Waals surface area contributed by atoms with E-state index in [1.54, 1.807) is 25.3 Å². The van der Waals surface area contributed by atoms with Gasteiger partial charge in [0.05, 0.1) is 23.7 Å². The molecule has 1 unspecified atom stereocenters. The molecule has 2 atom stereocenters. The minimum absolute atomic E-state index is 0.0222. The third-order valence-corrected chi connectivity index (χ3v) is 8.57. The average molecular weight is 625 g/mol. The normalized spacial score (nSPS) is 19.5. The predicted octanol–water partition coefficient (Wildman–Crippen LogP) is 4.73. The van der Waals surface area contributed by atoms with Gasteiger partial charge in [-0.25, -0.2) is 13.8 Å². The Kier molecular flexibility index (Phi) is 8.08. The number of hydrogen-bond acceptors (Lipinski definition) is 9. The number of alkyl halides is 1. The summed E-state index contributed by atoms with van der Waals surface area (Å²) in [6.07, 6.45) is 6.22. The summed E-state index contributed by atoms with van der Waals surface area (Å²) in [7, 11) is 1.52. The molecule has 14 heteroatoms. The highest BCUT2D eigenvalue weighted by Crippen LogP contribution is 2.38. The van der Waals surface area contributed by atoms with Crippen LogP contribution >= 0.6 is 0 Å². The van der Waals surface area contributed by atoms with Gasteiger partial charge in [-0.2, -0.15) is 4.39 Å². The molecule has 4 aromatic rings. The van der Waals surface area contributed by atoms with Crippen molar-refractivity contribution in [2.75, 3.05) is 38.4 Å². The van der Waals surface area contributed by atoms with Gasteiger partial charge in [-0.3, -0.25) is 9.69 Å². The molecule has 3 aromatic heterocycles. The SMILES string of the molecule is COc1cc(CN(Cc2cn3c4c(c(F)c(F)cc4c2=O)OCC3(C)CF)[C@H]2CCCN(c3ccc([N+](=O)[O-])nc3)C2)ccn1. The standard InChI is InChI=1S/C31H31F3N6O5/c1-31(17-32)18-45-30-27(34)24(33)11-23-28(30)39(31)15-20(29(23)41)14-38(13-19-7-8-35-26(10-19)44-2)22-4-3-9-37(16-22)21-5-6-25(36-12-21)40(42)43/h5-8,10-12,15,22H,3-4,9,13-14,16-18H2,1-2H3/t22-,31?/m0/s1. The van der Waals surface area contributed by atoms with Crippen LogP contribution in [-0.2, 0) is 18.6 Å². The first-order chi connectivity index (χ1) is 21.6. The molecule has 0 saturated carbocycles. The highest BCUT2D eigenvalue weighted by atomic mass is 19.2. The van der Waals surface area contributed by atoms with E-state index in [4.69, 9.17) is 9.47 Å². The van der Waals surface area contributed by atoms with E-state index in [2.05, 4.69) is 19.8 Å². The van der Waals surface area contributed by atoms with Gasteiger partial charge in [0.25, 0.3) is 0 Å². The molecule has 1 aromatic carbocycles. The monoisotopic (exact) mass is 624 g/mol. The second kappa shape index (κ2) is 12.0. The summed E-state index contributed by atoms with van der Waals surface area (Å²) in [5.41, 5.74) is 0.166. The molecule has 0 amide bonds. The Morgan fingerprint density at radius 3 is 2.76 bits per heavy atom. The zero-order valence-corrected chi connectivity index (χ0v) is 24.7. The van der Waals surface area contributed by atoms with Crippen LogP contribution in [0.5, 0.6) is 11.6 Å². The van der Waals surface area contributed by atoms with Crippen molar-refractivity contribution in [2.24, 2.45) is 0 Å². The second-order valence-electron chi connectivity index (χ2n) is 11.7. The first-order valence-electron chi connectivity index (χ1n) is 14.5. The maximum absolute atomic E-state index is 14.8. The third-order valence-electron chi connectivity index (χ3n) is 8.57. The fourth-order valence-electron chi connectivity index (χ4n) is 6.12. The minimum atomic E-state index is -1.24. The Morgan fingerprint density at radius 2 is 2.04 bits per heavy atom. The molecule has 11 nitrogen and oxygen atoms in total. The number of aromatic nitrogens is 3. The van der Waals surface area contributed by atoms with E-state index in [0.717, 1.165) is 30.2 Å². The van der Waals surface area contributed by atoms with Crippen LogP contribution in [0.2, 0.25) is 0 Å². The Bertz CT molecular complexity index is 1820. The Labute approximate surface area is 256 Å². The first kappa shape index (κ1) is 30.3. The molecule has 0 aliphatic carbocycles. The van der Waals surface area contributed by atoms with Crippen LogP contribution in [0, 0.1) is 21.7 Å². The molecular formula is C31H31F3N6O5. The van der Waals surface area contributed by atoms with Crippen LogP contribution in [0.3, 0.4) is 0 Å². The molecule has 0 spiro atoms. The van der Waals surface area contributed by atoms with E-state index in [1.165, 1.54) is 30.1 Å². The van der Waals surface area contributed by atoms with Crippen molar-refractivity contribution in [2.45, 2.75) is 44.4 Å². The summed E-state index contributed by atoms with van der Waals surface area (Å²) in [5.74, 6) is -2.66. The van der Waals surface area contributed by atoms with Gasteiger partial charge in [0.1, 0.15) is 18.8 Å². The Balaban J connectivity index is 1.41. The van der Waals surface area contributed by atoms with Crippen molar-refractivity contribution >= 4 is 22.4 Å². The maximum atomic E-state index is 14.8. The van der Waals surface area contributed by atoms with E-state index < -0.39 is 39.9 Å². The van der Waals surface area contributed by atoms with Gasteiger partial charge >= 0.3 is 5.82 Å². The van der Waals surface area contributed by atoms with Gasteiger partial charge < -0.3 is 29.1 Å². The van der Waals surface area contributed by atoms with Gasteiger partial charge in [-0.05, 0) is 53.4 Å². The Morgan fingerprint density at radius 1 is 1.22 bits per heavy atom. The fourth-order valence-corrected chi connectivity index (χ4v) is 6.12. The van der Waals surface area contributed by atoms with Gasteiger partial charge in [-0.15, -0.1) is 0 Å². The number of methoxy groups -OCH3 is 1. The van der Waals surface area contributed by atoms with E-state index in [9.17, 15) is 28.1 Å². The topological polar surface area (TPSA) is 116 Å². The van der Waals surface area contributed by atoms with Crippen molar-refractivity contribution in [1.29, 1.82) is 0 Å². The van der Waals surface area contributed by atoms with Gasteiger partial charge in [0.2, 0.25) is 11.7 Å². The summed E-state index contributed by atoms with van der Waals surface area (Å²) in [6, 6.07) is 7.43. The number of rotatable bonds is 9. The molecule has 0 bridgehead atoms. The maximum Gasteiger partial charge on any atom is 0.363 e. The van der Waals surface area contributed by atoms with Gasteiger partial charge in [-0.1, -0.05) is 0 Å². The number of ether oxygens (including phenoxy) is 2. The molecule has 5 heterocycles. The molecule has 6 rings (SSSR count). The summed E-state index contributed by atoms with van der Waals surface area (Å²) >= 11 is 0. The second-order valence-corrected chi connectivity index (χ2v) is 11.7. The van der Waals surface area contributed by atoms with Crippen molar-refractivity contribution < 1.29 is 27.6 Å². The fraction of sp³-hybridized carbons (Fsp3) is 0.387. The number of nitro groups is 1. The average Bonchev–Trinajstić information content (AvgIpc) is 3.06. The van der Waals surface area contributed by atoms with Crippen molar-refractivity contribution in [3.8, 4) is 11.6 Å². The van der Waals surface area contributed by atoms with Gasteiger partial charge in [0.15, 0.2) is 23.2 Å². The van der Waals surface area contributed by atoms with E-state index >= 15 is 0 Å². The number of halogens is 3. The lowest BCUT2D eigenvalue weighted by atomic mass is 9.98. The molecule has 236 valence electrons. The molecule has 1 fully saturated rings. The summed E-state index contributed by atoms with van der Waals surface area (Å²) in [5, 5.41) is 11.0. The molecule has 2 aliphatic heterocycles. The number of pyridine rings is 3. The van der Waals surface area contributed by atoms with E-state index in [0.29, 0.717) is 25.5 Å². The molecule has 1 saturated heterocycles. The highest BCUT2D eigenvalue weighted by Gasteiger charge is 2.37. The van der Waals surface area contributed by atoms with Crippen LogP contribution in [0.1, 0.15) is 30.9 Å². The van der Waals surface area contributed by atoms with Crippen LogP contribution in [0.4, 0.5) is 24.7 Å². The van der Waals surface area contributed by atoms with Crippen LogP contribution < -0.4 is 19.8 Å². The smallest absolute Gasteiger partial charge is 0.363 e. The lowest BCUT2D eigenvalue weighted by Crippen LogP contribution is -2.48. The summed E-state index contributed by atoms with van der Waals surface area (Å²) < 4.78 is 56.2. The van der Waals surface area contributed by atoms with Crippen molar-refractivity contribution in [3.05, 3.63) is 92.0 Å². The number of anilines is 1. The summed E-state index contributed by atoms with van der Waals surface area (Å²) in [6.45, 7) is 2.25. The van der Waals surface area contributed by atoms with Crippen molar-refractivity contribution in [1.82, 2.24) is 19.4 Å². The van der Waals surface area contributed by atoms with E-state index in [-0.39, 0.29) is 41.5 Å². The van der Waals surface area contributed by atoms with Crippen LogP contribution in [-0.4, -0.2) is 63.9 Å². The highest BCUT2D eigenvalue weighted by molar-refractivity contribution is 5.86. The Hall–Kier alpha value is -4.72. The zero-order chi connectivity index (χ0) is 31.9.